The summed E-state index contributed by atoms with van der Waals surface area (Å²) in [6.45, 7) is 3.76. The molecule has 1 aromatic rings. The number of fused-ring (bicyclic) bond motifs is 1. The van der Waals surface area contributed by atoms with Crippen LogP contribution in [-0.4, -0.2) is 23.8 Å². The minimum Gasteiger partial charge on any atom is -0.454 e. The Morgan fingerprint density at radius 1 is 1.20 bits per heavy atom. The summed E-state index contributed by atoms with van der Waals surface area (Å²) in [5.41, 5.74) is 1.31. The normalized spacial score (nSPS) is 22.4. The van der Waals surface area contributed by atoms with Crippen LogP contribution >= 0.6 is 15.9 Å². The molecule has 3 aliphatic rings. The molecule has 2 saturated carbocycles. The molecule has 108 valence electrons. The highest BCUT2D eigenvalue weighted by Gasteiger charge is 2.39. The minimum absolute atomic E-state index is 0.343. The molecule has 1 atom stereocenters. The van der Waals surface area contributed by atoms with E-state index in [1.807, 2.05) is 6.07 Å². The number of rotatable bonds is 5. The molecule has 0 aromatic heterocycles. The molecule has 1 aromatic carbocycles. The molecule has 20 heavy (non-hydrogen) atoms. The Balaban J connectivity index is 1.57. The fraction of sp³-hybridized carbons (Fsp3) is 0.625. The highest BCUT2D eigenvalue weighted by atomic mass is 79.9. The van der Waals surface area contributed by atoms with Gasteiger partial charge in [-0.25, -0.2) is 0 Å². The lowest BCUT2D eigenvalue weighted by atomic mass is 10.1. The molecule has 4 heteroatoms. The molecule has 0 saturated heterocycles. The molecular weight excluding hydrogens is 318 g/mol. The van der Waals surface area contributed by atoms with Crippen molar-refractivity contribution in [1.82, 2.24) is 4.90 Å². The maximum absolute atomic E-state index is 5.51. The van der Waals surface area contributed by atoms with Crippen molar-refractivity contribution in [3.63, 3.8) is 0 Å². The van der Waals surface area contributed by atoms with Crippen molar-refractivity contribution < 1.29 is 9.47 Å². The summed E-state index contributed by atoms with van der Waals surface area (Å²) in [6.07, 6.45) is 5.54. The summed E-state index contributed by atoms with van der Waals surface area (Å²) in [4.78, 5) is 2.69. The van der Waals surface area contributed by atoms with E-state index in [4.69, 9.17) is 9.47 Å². The van der Waals surface area contributed by atoms with Crippen LogP contribution in [0.3, 0.4) is 0 Å². The quantitative estimate of drug-likeness (QED) is 0.812. The number of benzene rings is 1. The highest BCUT2D eigenvalue weighted by molar-refractivity contribution is 9.10. The lowest BCUT2D eigenvalue weighted by Gasteiger charge is -2.29. The molecule has 0 N–H and O–H groups in total. The molecule has 2 fully saturated rings. The van der Waals surface area contributed by atoms with Crippen molar-refractivity contribution in [2.75, 3.05) is 6.79 Å². The predicted octanol–water partition coefficient (Wildman–Crippen LogP) is 3.94. The van der Waals surface area contributed by atoms with Gasteiger partial charge in [0.2, 0.25) is 6.79 Å². The first-order valence-corrected chi connectivity index (χ1v) is 8.35. The zero-order valence-corrected chi connectivity index (χ0v) is 13.4. The number of halogens is 1. The molecule has 0 amide bonds. The fourth-order valence-corrected chi connectivity index (χ4v) is 3.59. The first kappa shape index (κ1) is 13.0. The number of ether oxygens (including phenoxy) is 2. The van der Waals surface area contributed by atoms with Gasteiger partial charge in [0.25, 0.3) is 0 Å². The molecule has 1 aliphatic heterocycles. The van der Waals surface area contributed by atoms with E-state index < -0.39 is 0 Å². The average molecular weight is 338 g/mol. The molecule has 0 bridgehead atoms. The van der Waals surface area contributed by atoms with Crippen LogP contribution in [0.4, 0.5) is 0 Å². The van der Waals surface area contributed by atoms with Crippen LogP contribution in [0.1, 0.15) is 38.2 Å². The van der Waals surface area contributed by atoms with Crippen molar-refractivity contribution >= 4 is 15.9 Å². The van der Waals surface area contributed by atoms with E-state index in [0.29, 0.717) is 12.8 Å². The summed E-state index contributed by atoms with van der Waals surface area (Å²) < 4.78 is 12.1. The highest BCUT2D eigenvalue weighted by Crippen LogP contribution is 2.42. The Labute approximate surface area is 128 Å². The smallest absolute Gasteiger partial charge is 0.231 e. The van der Waals surface area contributed by atoms with E-state index >= 15 is 0 Å². The van der Waals surface area contributed by atoms with Crippen LogP contribution in [-0.2, 0) is 6.54 Å². The van der Waals surface area contributed by atoms with Gasteiger partial charge >= 0.3 is 0 Å². The van der Waals surface area contributed by atoms with Crippen molar-refractivity contribution in [2.45, 2.75) is 51.2 Å². The lowest BCUT2D eigenvalue weighted by Crippen LogP contribution is -2.36. The van der Waals surface area contributed by atoms with Crippen molar-refractivity contribution in [1.29, 1.82) is 0 Å². The van der Waals surface area contributed by atoms with Gasteiger partial charge in [-0.05, 0) is 56.2 Å². The predicted molar refractivity (Wildman–Crippen MR) is 81.0 cm³/mol. The van der Waals surface area contributed by atoms with Crippen LogP contribution in [0, 0.1) is 5.92 Å². The van der Waals surface area contributed by atoms with Crippen molar-refractivity contribution in [3.8, 4) is 11.5 Å². The number of hydrogen-bond donors (Lipinski definition) is 0. The SMILES string of the molecule is CC(C1CC1)N(Cc1cc2c(cc1Br)OCO2)C1CC1. The first-order valence-electron chi connectivity index (χ1n) is 7.56. The van der Waals surface area contributed by atoms with Gasteiger partial charge in [0.1, 0.15) is 0 Å². The Morgan fingerprint density at radius 2 is 1.90 bits per heavy atom. The van der Waals surface area contributed by atoms with Crippen molar-refractivity contribution in [3.05, 3.63) is 22.2 Å². The topological polar surface area (TPSA) is 21.7 Å². The second-order valence-electron chi connectivity index (χ2n) is 6.28. The third-order valence-corrected chi connectivity index (χ3v) is 5.48. The Hall–Kier alpha value is -0.740. The zero-order chi connectivity index (χ0) is 13.7. The summed E-state index contributed by atoms with van der Waals surface area (Å²) in [5, 5.41) is 0. The third kappa shape index (κ3) is 2.44. The van der Waals surface area contributed by atoms with E-state index in [1.165, 1.54) is 31.2 Å². The largest absolute Gasteiger partial charge is 0.454 e. The van der Waals surface area contributed by atoms with Crippen LogP contribution in [0.2, 0.25) is 0 Å². The fourth-order valence-electron chi connectivity index (χ4n) is 3.14. The van der Waals surface area contributed by atoms with E-state index in [0.717, 1.165) is 34.5 Å². The monoisotopic (exact) mass is 337 g/mol. The van der Waals surface area contributed by atoms with Gasteiger partial charge in [-0.15, -0.1) is 0 Å². The molecule has 0 radical (unpaired) electrons. The zero-order valence-electron chi connectivity index (χ0n) is 11.8. The Kier molecular flexibility index (Phi) is 3.19. The Morgan fingerprint density at radius 3 is 2.55 bits per heavy atom. The summed E-state index contributed by atoms with van der Waals surface area (Å²) >= 11 is 3.69. The second kappa shape index (κ2) is 4.92. The molecule has 3 nitrogen and oxygen atoms in total. The molecule has 0 spiro atoms. The molecule has 1 unspecified atom stereocenters. The van der Waals surface area contributed by atoms with Crippen molar-refractivity contribution in [2.24, 2.45) is 5.92 Å². The van der Waals surface area contributed by atoms with Gasteiger partial charge in [0.05, 0.1) is 0 Å². The van der Waals surface area contributed by atoms with Crippen LogP contribution in [0.15, 0.2) is 16.6 Å². The van der Waals surface area contributed by atoms with Gasteiger partial charge in [0, 0.05) is 23.1 Å². The Bertz CT molecular complexity index is 525. The van der Waals surface area contributed by atoms with E-state index in [9.17, 15) is 0 Å². The summed E-state index contributed by atoms with van der Waals surface area (Å²) in [6, 6.07) is 5.69. The summed E-state index contributed by atoms with van der Waals surface area (Å²) in [7, 11) is 0. The minimum atomic E-state index is 0.343. The van der Waals surface area contributed by atoms with E-state index in [2.05, 4.69) is 33.8 Å². The lowest BCUT2D eigenvalue weighted by molar-refractivity contribution is 0.169. The maximum atomic E-state index is 5.51. The molecular formula is C16H20BrNO2. The van der Waals surface area contributed by atoms with Gasteiger partial charge < -0.3 is 9.47 Å². The average Bonchev–Trinajstić information content (AvgIpc) is 3.33. The molecule has 2 aliphatic carbocycles. The second-order valence-corrected chi connectivity index (χ2v) is 7.13. The van der Waals surface area contributed by atoms with Gasteiger partial charge in [-0.1, -0.05) is 15.9 Å². The van der Waals surface area contributed by atoms with Gasteiger partial charge in [-0.3, -0.25) is 4.90 Å². The molecule has 4 rings (SSSR count). The standard InChI is InChI=1S/C16H20BrNO2/c1-10(11-2-3-11)18(13-4-5-13)8-12-6-15-16(7-14(12)17)20-9-19-15/h6-7,10-11,13H,2-5,8-9H2,1H3. The van der Waals surface area contributed by atoms with E-state index in [-0.39, 0.29) is 0 Å². The number of hydrogen-bond acceptors (Lipinski definition) is 3. The van der Waals surface area contributed by atoms with Crippen LogP contribution in [0.5, 0.6) is 11.5 Å². The first-order chi connectivity index (χ1) is 9.72. The number of nitrogens with zero attached hydrogens (tertiary/aromatic N) is 1. The van der Waals surface area contributed by atoms with Crippen LogP contribution in [0.25, 0.3) is 0 Å². The van der Waals surface area contributed by atoms with E-state index in [1.54, 1.807) is 0 Å². The maximum Gasteiger partial charge on any atom is 0.231 e. The van der Waals surface area contributed by atoms with Crippen LogP contribution < -0.4 is 9.47 Å². The van der Waals surface area contributed by atoms with Gasteiger partial charge in [-0.2, -0.15) is 0 Å². The summed E-state index contributed by atoms with van der Waals surface area (Å²) in [5.74, 6) is 2.66. The molecule has 1 heterocycles. The van der Waals surface area contributed by atoms with Gasteiger partial charge in [0.15, 0.2) is 11.5 Å². The third-order valence-electron chi connectivity index (χ3n) is 4.74.